The van der Waals surface area contributed by atoms with Gasteiger partial charge in [0.05, 0.1) is 5.39 Å². The Morgan fingerprint density at radius 2 is 1.80 bits per heavy atom. The van der Waals surface area contributed by atoms with Crippen LogP contribution in [-0.4, -0.2) is 35.8 Å². The molecule has 184 valence electrons. The molecular weight excluding hydrogens is 464 g/mol. The minimum absolute atomic E-state index is 0.103. The Morgan fingerprint density at radius 1 is 1.11 bits per heavy atom. The summed E-state index contributed by atoms with van der Waals surface area (Å²) in [5.74, 6) is -0.651. The lowest BCUT2D eigenvalue weighted by molar-refractivity contribution is -0.137. The molecule has 1 N–H and O–H groups in total. The number of rotatable bonds is 5. The second kappa shape index (κ2) is 9.86. The molecule has 2 amide bonds. The van der Waals surface area contributed by atoms with Crippen molar-refractivity contribution in [3.05, 3.63) is 81.2 Å². The Morgan fingerprint density at radius 3 is 2.46 bits per heavy atom. The van der Waals surface area contributed by atoms with Crippen LogP contribution in [-0.2, 0) is 4.79 Å². The summed E-state index contributed by atoms with van der Waals surface area (Å²) in [5.41, 5.74) is 1.10. The summed E-state index contributed by atoms with van der Waals surface area (Å²) < 4.78 is 5.67. The van der Waals surface area contributed by atoms with Crippen molar-refractivity contribution in [1.29, 1.82) is 0 Å². The summed E-state index contributed by atoms with van der Waals surface area (Å²) in [4.78, 5) is 40.8. The molecule has 1 unspecified atom stereocenters. The molecule has 1 fully saturated rings. The quantitative estimate of drug-likeness (QED) is 0.525. The normalized spacial score (nSPS) is 18.5. The SMILES string of the molecule is CC(C)[C@@H](NC(=O)c1cc(=O)c2ccccc2o1)C(=O)N1CCC(c2ccc(Cl)cc2)C(C)(C)C1. The summed E-state index contributed by atoms with van der Waals surface area (Å²) in [6.45, 7) is 9.29. The number of likely N-dealkylation sites (tertiary alicyclic amines) is 1. The van der Waals surface area contributed by atoms with Gasteiger partial charge in [-0.15, -0.1) is 0 Å². The third-order valence-electron chi connectivity index (χ3n) is 6.89. The van der Waals surface area contributed by atoms with Crippen molar-refractivity contribution in [2.45, 2.75) is 46.1 Å². The van der Waals surface area contributed by atoms with E-state index in [2.05, 4.69) is 31.3 Å². The highest BCUT2D eigenvalue weighted by atomic mass is 35.5. The van der Waals surface area contributed by atoms with Gasteiger partial charge in [-0.2, -0.15) is 0 Å². The first-order chi connectivity index (χ1) is 16.6. The first-order valence-corrected chi connectivity index (χ1v) is 12.3. The highest BCUT2D eigenvalue weighted by Gasteiger charge is 2.40. The molecule has 2 atom stereocenters. The van der Waals surface area contributed by atoms with Gasteiger partial charge in [-0.3, -0.25) is 14.4 Å². The number of benzene rings is 2. The molecule has 0 saturated carbocycles. The second-order valence-electron chi connectivity index (χ2n) is 10.3. The molecule has 1 aliphatic heterocycles. The van der Waals surface area contributed by atoms with Crippen LogP contribution in [0.3, 0.4) is 0 Å². The minimum Gasteiger partial charge on any atom is -0.451 e. The van der Waals surface area contributed by atoms with Gasteiger partial charge >= 0.3 is 0 Å². The summed E-state index contributed by atoms with van der Waals surface area (Å²) >= 11 is 6.06. The van der Waals surface area contributed by atoms with Gasteiger partial charge in [0.15, 0.2) is 11.2 Å². The number of fused-ring (bicyclic) bond motifs is 1. The van der Waals surface area contributed by atoms with Gasteiger partial charge in [0.1, 0.15) is 11.6 Å². The highest BCUT2D eigenvalue weighted by Crippen LogP contribution is 2.42. The lowest BCUT2D eigenvalue weighted by Gasteiger charge is -2.45. The molecule has 0 spiro atoms. The summed E-state index contributed by atoms with van der Waals surface area (Å²) in [6.07, 6.45) is 0.818. The zero-order chi connectivity index (χ0) is 25.3. The van der Waals surface area contributed by atoms with Crippen LogP contribution in [0.5, 0.6) is 0 Å². The van der Waals surface area contributed by atoms with Gasteiger partial charge in [0.2, 0.25) is 5.91 Å². The Hall–Kier alpha value is -3.12. The molecule has 1 aromatic heterocycles. The predicted molar refractivity (Wildman–Crippen MR) is 138 cm³/mol. The smallest absolute Gasteiger partial charge is 0.287 e. The molecule has 0 bridgehead atoms. The van der Waals surface area contributed by atoms with Gasteiger partial charge in [0, 0.05) is 24.2 Å². The number of nitrogens with zero attached hydrogens (tertiary/aromatic N) is 1. The van der Waals surface area contributed by atoms with Gasteiger partial charge in [-0.05, 0) is 53.5 Å². The number of piperidine rings is 1. The highest BCUT2D eigenvalue weighted by molar-refractivity contribution is 6.30. The maximum Gasteiger partial charge on any atom is 0.287 e. The van der Waals surface area contributed by atoms with E-state index in [9.17, 15) is 14.4 Å². The number of carbonyl (C=O) groups is 2. The molecule has 2 aromatic carbocycles. The molecule has 0 radical (unpaired) electrons. The molecule has 1 saturated heterocycles. The van der Waals surface area contributed by atoms with Crippen molar-refractivity contribution < 1.29 is 14.0 Å². The monoisotopic (exact) mass is 494 g/mol. The van der Waals surface area contributed by atoms with E-state index in [0.29, 0.717) is 35.0 Å². The lowest BCUT2D eigenvalue weighted by atomic mass is 9.70. The molecule has 0 aliphatic carbocycles. The van der Waals surface area contributed by atoms with Crippen LogP contribution in [0.2, 0.25) is 5.02 Å². The minimum atomic E-state index is -0.734. The number of amides is 2. The molecule has 2 heterocycles. The van der Waals surface area contributed by atoms with Crippen LogP contribution in [0.1, 0.15) is 56.2 Å². The number of hydrogen-bond acceptors (Lipinski definition) is 4. The van der Waals surface area contributed by atoms with E-state index >= 15 is 0 Å². The molecule has 1 aliphatic rings. The Bertz CT molecular complexity index is 1300. The Balaban J connectivity index is 1.50. The molecule has 6 nitrogen and oxygen atoms in total. The summed E-state index contributed by atoms with van der Waals surface area (Å²) in [5, 5.41) is 3.93. The van der Waals surface area contributed by atoms with Crippen molar-refractivity contribution >= 4 is 34.4 Å². The summed E-state index contributed by atoms with van der Waals surface area (Å²) in [7, 11) is 0. The molecule has 4 rings (SSSR count). The van der Waals surface area contributed by atoms with Crippen LogP contribution in [0.4, 0.5) is 0 Å². The zero-order valence-corrected chi connectivity index (χ0v) is 21.3. The van der Waals surface area contributed by atoms with Crippen molar-refractivity contribution in [2.24, 2.45) is 11.3 Å². The maximum absolute atomic E-state index is 13.6. The second-order valence-corrected chi connectivity index (χ2v) is 10.7. The fraction of sp³-hybridized carbons (Fsp3) is 0.393. The number of halogens is 1. The van der Waals surface area contributed by atoms with Gasteiger partial charge in [-0.1, -0.05) is 63.6 Å². The van der Waals surface area contributed by atoms with Crippen LogP contribution >= 0.6 is 11.6 Å². The van der Waals surface area contributed by atoms with E-state index in [-0.39, 0.29) is 28.4 Å². The van der Waals surface area contributed by atoms with E-state index in [0.717, 1.165) is 6.42 Å². The summed E-state index contributed by atoms with van der Waals surface area (Å²) in [6, 6.07) is 15.1. The predicted octanol–water partition coefficient (Wildman–Crippen LogP) is 5.24. The third kappa shape index (κ3) is 5.27. The van der Waals surface area contributed by atoms with E-state index in [1.54, 1.807) is 24.3 Å². The van der Waals surface area contributed by atoms with Crippen LogP contribution in [0.25, 0.3) is 11.0 Å². The topological polar surface area (TPSA) is 79.6 Å². The van der Waals surface area contributed by atoms with Gasteiger partial charge < -0.3 is 14.6 Å². The van der Waals surface area contributed by atoms with E-state index in [4.69, 9.17) is 16.0 Å². The fourth-order valence-electron chi connectivity index (χ4n) is 5.00. The number of nitrogens with one attached hydrogen (secondary N) is 1. The Labute approximate surface area is 210 Å². The fourth-order valence-corrected chi connectivity index (χ4v) is 5.12. The molecule has 35 heavy (non-hydrogen) atoms. The van der Waals surface area contributed by atoms with E-state index in [1.807, 2.05) is 30.9 Å². The largest absolute Gasteiger partial charge is 0.451 e. The lowest BCUT2D eigenvalue weighted by Crippen LogP contribution is -2.55. The van der Waals surface area contributed by atoms with Gasteiger partial charge in [0.25, 0.3) is 5.91 Å². The zero-order valence-electron chi connectivity index (χ0n) is 20.5. The van der Waals surface area contributed by atoms with E-state index < -0.39 is 11.9 Å². The van der Waals surface area contributed by atoms with Gasteiger partial charge in [-0.25, -0.2) is 0 Å². The Kier molecular flexibility index (Phi) is 7.04. The average Bonchev–Trinajstić information content (AvgIpc) is 2.82. The maximum atomic E-state index is 13.6. The molecular formula is C28H31ClN2O4. The van der Waals surface area contributed by atoms with Crippen molar-refractivity contribution in [3.63, 3.8) is 0 Å². The number of hydrogen-bond donors (Lipinski definition) is 1. The number of para-hydroxylation sites is 1. The van der Waals surface area contributed by atoms with E-state index in [1.165, 1.54) is 11.6 Å². The molecule has 7 heteroatoms. The number of carbonyl (C=O) groups excluding carboxylic acids is 2. The van der Waals surface area contributed by atoms with Crippen molar-refractivity contribution in [2.75, 3.05) is 13.1 Å². The van der Waals surface area contributed by atoms with Crippen molar-refractivity contribution in [3.8, 4) is 0 Å². The first kappa shape index (κ1) is 25.0. The van der Waals surface area contributed by atoms with Crippen molar-refractivity contribution in [1.82, 2.24) is 10.2 Å². The first-order valence-electron chi connectivity index (χ1n) is 11.9. The van der Waals surface area contributed by atoms with Crippen LogP contribution in [0.15, 0.2) is 63.8 Å². The third-order valence-corrected chi connectivity index (χ3v) is 7.14. The molecule has 3 aromatic rings. The average molecular weight is 495 g/mol. The standard InChI is InChI=1S/C28H31ClN2O4/c1-17(2)25(30-26(33)24-15-22(32)20-7-5-6-8-23(20)35-24)27(34)31-14-13-21(28(3,4)16-31)18-9-11-19(29)12-10-18/h5-12,15,17,21,25H,13-14,16H2,1-4H3,(H,30,33)/t21?,25-/m1/s1. The van der Waals surface area contributed by atoms with Crippen LogP contribution in [0, 0.1) is 11.3 Å². The van der Waals surface area contributed by atoms with Crippen LogP contribution < -0.4 is 10.7 Å².